The maximum Gasteiger partial charge on any atom is 0.316 e. The van der Waals surface area contributed by atoms with Crippen LogP contribution in [-0.2, 0) is 16.6 Å². The molecule has 0 aliphatic heterocycles. The summed E-state index contributed by atoms with van der Waals surface area (Å²) in [5.41, 5.74) is 1.14. The molecule has 0 saturated heterocycles. The van der Waals surface area contributed by atoms with Crippen molar-refractivity contribution in [2.24, 2.45) is 7.05 Å². The summed E-state index contributed by atoms with van der Waals surface area (Å²) in [7, 11) is 3.22. The lowest BCUT2D eigenvalue weighted by molar-refractivity contribution is -0.137. The molecule has 0 fully saturated rings. The fourth-order valence-electron chi connectivity index (χ4n) is 1.93. The average molecular weight is 321 g/mol. The first-order valence-electron chi connectivity index (χ1n) is 6.83. The van der Waals surface area contributed by atoms with Crippen molar-refractivity contribution in [3.63, 3.8) is 0 Å². The molecule has 1 unspecified atom stereocenters. The number of aryl methyl sites for hydroxylation is 1. The Morgan fingerprint density at radius 2 is 2.18 bits per heavy atom. The van der Waals surface area contributed by atoms with Crippen LogP contribution in [0.4, 0.5) is 0 Å². The Morgan fingerprint density at radius 3 is 2.86 bits per heavy atom. The topological polar surface area (TPSA) is 66.2 Å². The van der Waals surface area contributed by atoms with Crippen LogP contribution >= 0.6 is 11.8 Å². The van der Waals surface area contributed by atoms with Gasteiger partial charge in [0.15, 0.2) is 17.1 Å². The Balaban J connectivity index is 2.05. The van der Waals surface area contributed by atoms with Gasteiger partial charge in [-0.3, -0.25) is 4.79 Å². The predicted octanol–water partition coefficient (Wildman–Crippen LogP) is 2.53. The van der Waals surface area contributed by atoms with Gasteiger partial charge in [0.1, 0.15) is 5.75 Å². The lowest BCUT2D eigenvalue weighted by atomic mass is 10.2. The highest BCUT2D eigenvalue weighted by atomic mass is 32.2. The summed E-state index contributed by atoms with van der Waals surface area (Å²) >= 11 is 1.29. The molecule has 6 nitrogen and oxygen atoms in total. The van der Waals surface area contributed by atoms with Crippen molar-refractivity contribution < 1.29 is 14.3 Å². The summed E-state index contributed by atoms with van der Waals surface area (Å²) in [6.07, 6.45) is -0.244. The number of methoxy groups -OCH3 is 1. The van der Waals surface area contributed by atoms with Gasteiger partial charge in [-0.1, -0.05) is 23.9 Å². The first-order valence-corrected chi connectivity index (χ1v) is 7.82. The second-order valence-electron chi connectivity index (χ2n) is 4.84. The molecule has 118 valence electrons. The molecule has 0 aliphatic carbocycles. The standard InChI is InChI=1S/C15H19N3O3S/c1-10-6-5-7-12(8-10)21-11(2)14-16-17-15(18(14)3)22-9-13(19)20-4/h5-8,11H,9H2,1-4H3. The van der Waals surface area contributed by atoms with Crippen LogP contribution in [0.5, 0.6) is 5.75 Å². The average Bonchev–Trinajstić information content (AvgIpc) is 2.86. The highest BCUT2D eigenvalue weighted by Gasteiger charge is 2.18. The summed E-state index contributed by atoms with van der Waals surface area (Å²) in [5.74, 6) is 1.40. The number of rotatable bonds is 6. The van der Waals surface area contributed by atoms with Crippen LogP contribution in [0.15, 0.2) is 29.4 Å². The minimum atomic E-state index is -0.293. The molecule has 1 heterocycles. The molecule has 1 atom stereocenters. The molecule has 0 N–H and O–H groups in total. The van der Waals surface area contributed by atoms with Crippen LogP contribution in [0.3, 0.4) is 0 Å². The van der Waals surface area contributed by atoms with E-state index in [1.807, 2.05) is 49.7 Å². The SMILES string of the molecule is COC(=O)CSc1nnc(C(C)Oc2cccc(C)c2)n1C. The fourth-order valence-corrected chi connectivity index (χ4v) is 2.68. The number of nitrogens with zero attached hydrogens (tertiary/aromatic N) is 3. The summed E-state index contributed by atoms with van der Waals surface area (Å²) in [6, 6.07) is 7.85. The van der Waals surface area contributed by atoms with Crippen molar-refractivity contribution >= 4 is 17.7 Å². The Bertz CT molecular complexity index is 657. The van der Waals surface area contributed by atoms with Crippen LogP contribution < -0.4 is 4.74 Å². The van der Waals surface area contributed by atoms with Crippen molar-refractivity contribution in [3.05, 3.63) is 35.7 Å². The van der Waals surface area contributed by atoms with E-state index < -0.39 is 0 Å². The van der Waals surface area contributed by atoms with E-state index >= 15 is 0 Å². The van der Waals surface area contributed by atoms with Crippen LogP contribution in [0.1, 0.15) is 24.4 Å². The van der Waals surface area contributed by atoms with E-state index in [0.717, 1.165) is 11.3 Å². The molecular weight excluding hydrogens is 302 g/mol. The monoisotopic (exact) mass is 321 g/mol. The third kappa shape index (κ3) is 4.00. The van der Waals surface area contributed by atoms with Crippen molar-refractivity contribution in [1.82, 2.24) is 14.8 Å². The Hall–Kier alpha value is -2.02. The Morgan fingerprint density at radius 1 is 1.41 bits per heavy atom. The molecule has 0 bridgehead atoms. The highest BCUT2D eigenvalue weighted by Crippen LogP contribution is 2.24. The van der Waals surface area contributed by atoms with Crippen LogP contribution in [0, 0.1) is 6.92 Å². The third-order valence-electron chi connectivity index (χ3n) is 3.08. The molecular formula is C15H19N3O3S. The molecule has 0 saturated carbocycles. The van der Waals surface area contributed by atoms with E-state index in [2.05, 4.69) is 14.9 Å². The largest absolute Gasteiger partial charge is 0.483 e. The van der Waals surface area contributed by atoms with Gasteiger partial charge in [-0.2, -0.15) is 0 Å². The Kier molecular flexibility index (Phi) is 5.43. The fraction of sp³-hybridized carbons (Fsp3) is 0.400. The van der Waals surface area contributed by atoms with Gasteiger partial charge in [-0.25, -0.2) is 0 Å². The van der Waals surface area contributed by atoms with Gasteiger partial charge in [0.25, 0.3) is 0 Å². The number of carbonyl (C=O) groups excluding carboxylic acids is 1. The van der Waals surface area contributed by atoms with Crippen molar-refractivity contribution in [3.8, 4) is 5.75 Å². The number of benzene rings is 1. The van der Waals surface area contributed by atoms with Gasteiger partial charge in [-0.05, 0) is 31.5 Å². The van der Waals surface area contributed by atoms with E-state index in [0.29, 0.717) is 11.0 Å². The maximum atomic E-state index is 11.2. The third-order valence-corrected chi connectivity index (χ3v) is 4.08. The van der Waals surface area contributed by atoms with Crippen LogP contribution in [-0.4, -0.2) is 33.6 Å². The van der Waals surface area contributed by atoms with E-state index in [1.54, 1.807) is 0 Å². The second kappa shape index (κ2) is 7.31. The molecule has 0 radical (unpaired) electrons. The smallest absolute Gasteiger partial charge is 0.316 e. The Labute approximate surface area is 133 Å². The van der Waals surface area contributed by atoms with E-state index in [-0.39, 0.29) is 17.8 Å². The number of hydrogen-bond donors (Lipinski definition) is 0. The molecule has 1 aromatic heterocycles. The highest BCUT2D eigenvalue weighted by molar-refractivity contribution is 7.99. The number of thioether (sulfide) groups is 1. The molecule has 2 rings (SSSR count). The number of carbonyl (C=O) groups is 1. The van der Waals surface area contributed by atoms with Crippen LogP contribution in [0.2, 0.25) is 0 Å². The van der Waals surface area contributed by atoms with E-state index in [4.69, 9.17) is 4.74 Å². The van der Waals surface area contributed by atoms with Gasteiger partial charge in [0.05, 0.1) is 12.9 Å². The maximum absolute atomic E-state index is 11.2. The predicted molar refractivity (Wildman–Crippen MR) is 84.0 cm³/mol. The normalized spacial score (nSPS) is 12.0. The first kappa shape index (κ1) is 16.4. The van der Waals surface area contributed by atoms with Gasteiger partial charge in [-0.15, -0.1) is 10.2 Å². The van der Waals surface area contributed by atoms with E-state index in [9.17, 15) is 4.79 Å². The lowest BCUT2D eigenvalue weighted by Gasteiger charge is -2.14. The zero-order chi connectivity index (χ0) is 16.1. The summed E-state index contributed by atoms with van der Waals surface area (Å²) in [5, 5.41) is 8.90. The summed E-state index contributed by atoms with van der Waals surface area (Å²) in [4.78, 5) is 11.2. The van der Waals surface area contributed by atoms with E-state index in [1.165, 1.54) is 18.9 Å². The van der Waals surface area contributed by atoms with Gasteiger partial charge in [0, 0.05) is 7.05 Å². The van der Waals surface area contributed by atoms with Gasteiger partial charge in [0.2, 0.25) is 0 Å². The molecule has 0 aliphatic rings. The number of esters is 1. The van der Waals surface area contributed by atoms with Gasteiger partial charge >= 0.3 is 5.97 Å². The number of aromatic nitrogens is 3. The minimum absolute atomic E-state index is 0.204. The zero-order valence-electron chi connectivity index (χ0n) is 13.1. The molecule has 0 spiro atoms. The quantitative estimate of drug-likeness (QED) is 0.602. The molecule has 2 aromatic rings. The lowest BCUT2D eigenvalue weighted by Crippen LogP contribution is -2.10. The van der Waals surface area contributed by atoms with Crippen molar-refractivity contribution in [2.45, 2.75) is 25.1 Å². The zero-order valence-corrected chi connectivity index (χ0v) is 13.9. The second-order valence-corrected chi connectivity index (χ2v) is 5.78. The number of hydrogen-bond acceptors (Lipinski definition) is 6. The van der Waals surface area contributed by atoms with Crippen molar-refractivity contribution in [2.75, 3.05) is 12.9 Å². The molecule has 22 heavy (non-hydrogen) atoms. The minimum Gasteiger partial charge on any atom is -0.483 e. The molecule has 1 aromatic carbocycles. The van der Waals surface area contributed by atoms with Gasteiger partial charge < -0.3 is 14.0 Å². The summed E-state index contributed by atoms with van der Waals surface area (Å²) in [6.45, 7) is 3.93. The first-order chi connectivity index (χ1) is 10.5. The summed E-state index contributed by atoms with van der Waals surface area (Å²) < 4.78 is 12.3. The van der Waals surface area contributed by atoms with Crippen LogP contribution in [0.25, 0.3) is 0 Å². The van der Waals surface area contributed by atoms with Crippen molar-refractivity contribution in [1.29, 1.82) is 0 Å². The molecule has 0 amide bonds. The molecule has 7 heteroatoms. The number of ether oxygens (including phenoxy) is 2.